The first kappa shape index (κ1) is 8.53. The number of H-pyrrole nitrogens is 1. The monoisotopic (exact) mass is 146 g/mol. The van der Waals surface area contributed by atoms with E-state index in [1.165, 1.54) is 4.42 Å². The van der Waals surface area contributed by atoms with Crippen LogP contribution in [0.2, 0.25) is 0 Å². The maximum atomic E-state index is 5.11. The van der Waals surface area contributed by atoms with Gasteiger partial charge in [-0.3, -0.25) is 0 Å². The van der Waals surface area contributed by atoms with Gasteiger partial charge in [-0.05, 0) is 23.9 Å². The smallest absolute Gasteiger partial charge is 0.00209 e. The number of hydrogen-bond donors (Lipinski definition) is 1. The van der Waals surface area contributed by atoms with E-state index in [2.05, 4.69) is 4.98 Å². The molecule has 1 rings (SSSR count). The minimum atomic E-state index is 1.47. The highest BCUT2D eigenvalue weighted by Crippen LogP contribution is 1.72. The molecule has 0 saturated heterocycles. The fraction of sp³-hybridized carbons (Fsp3) is 0.333. The van der Waals surface area contributed by atoms with Crippen LogP contribution in [0.15, 0.2) is 24.5 Å². The molecule has 0 amide bonds. The maximum Gasteiger partial charge on any atom is 0.00209 e. The van der Waals surface area contributed by atoms with Gasteiger partial charge in [-0.2, -0.15) is 0 Å². The summed E-state index contributed by atoms with van der Waals surface area (Å²) in [6.45, 7) is 0. The molecule has 0 aliphatic heterocycles. The standard InChI is InChI=1S/C4H5N.C2H6ClN/c1-2-4-5-3-1;1-4(2)3/h1-5H;1-2H3. The first-order valence-electron chi connectivity index (χ1n) is 2.64. The van der Waals surface area contributed by atoms with Gasteiger partial charge in [0, 0.05) is 26.5 Å². The second-order valence-corrected chi connectivity index (χ2v) is 2.35. The third-order valence-electron chi connectivity index (χ3n) is 0.496. The van der Waals surface area contributed by atoms with E-state index in [0.717, 1.165) is 0 Å². The van der Waals surface area contributed by atoms with E-state index < -0.39 is 0 Å². The molecule has 0 atom stereocenters. The number of nitrogens with zero attached hydrogens (tertiary/aromatic N) is 1. The van der Waals surface area contributed by atoms with E-state index in [4.69, 9.17) is 11.8 Å². The van der Waals surface area contributed by atoms with Crippen molar-refractivity contribution < 1.29 is 0 Å². The molecular weight excluding hydrogens is 136 g/mol. The summed E-state index contributed by atoms with van der Waals surface area (Å²) < 4.78 is 1.47. The third kappa shape index (κ3) is 11.2. The van der Waals surface area contributed by atoms with Gasteiger partial charge in [0.1, 0.15) is 0 Å². The zero-order chi connectivity index (χ0) is 7.11. The first-order chi connectivity index (χ1) is 4.23. The highest BCUT2D eigenvalue weighted by molar-refractivity contribution is 6.12. The van der Waals surface area contributed by atoms with Crippen molar-refractivity contribution in [3.05, 3.63) is 24.5 Å². The van der Waals surface area contributed by atoms with Crippen molar-refractivity contribution in [1.29, 1.82) is 0 Å². The van der Waals surface area contributed by atoms with Crippen molar-refractivity contribution in [2.45, 2.75) is 0 Å². The Balaban J connectivity index is 0.000000148. The molecule has 3 heteroatoms. The van der Waals surface area contributed by atoms with Crippen molar-refractivity contribution in [2.75, 3.05) is 14.1 Å². The molecule has 2 nitrogen and oxygen atoms in total. The summed E-state index contributed by atoms with van der Waals surface area (Å²) in [6, 6.07) is 3.89. The van der Waals surface area contributed by atoms with E-state index in [1.54, 1.807) is 14.1 Å². The van der Waals surface area contributed by atoms with Crippen molar-refractivity contribution in [1.82, 2.24) is 9.40 Å². The van der Waals surface area contributed by atoms with Crippen LogP contribution >= 0.6 is 11.8 Å². The number of rotatable bonds is 0. The molecule has 0 bridgehead atoms. The van der Waals surface area contributed by atoms with Gasteiger partial charge in [-0.25, -0.2) is 4.42 Å². The van der Waals surface area contributed by atoms with Crippen LogP contribution in [0.1, 0.15) is 0 Å². The van der Waals surface area contributed by atoms with E-state index in [0.29, 0.717) is 0 Å². The van der Waals surface area contributed by atoms with Crippen molar-refractivity contribution in [3.63, 3.8) is 0 Å². The molecule has 1 aromatic heterocycles. The SMILES string of the molecule is CN(C)Cl.c1cc[nH]c1. The van der Waals surface area contributed by atoms with Crippen LogP contribution < -0.4 is 0 Å². The largest absolute Gasteiger partial charge is 0.368 e. The number of hydrogen-bond acceptors (Lipinski definition) is 1. The van der Waals surface area contributed by atoms with Gasteiger partial charge in [0.15, 0.2) is 0 Å². The molecule has 0 aromatic carbocycles. The van der Waals surface area contributed by atoms with E-state index in [9.17, 15) is 0 Å². The van der Waals surface area contributed by atoms with Gasteiger partial charge in [0.2, 0.25) is 0 Å². The Labute approximate surface area is 60.6 Å². The summed E-state index contributed by atoms with van der Waals surface area (Å²) in [7, 11) is 3.53. The highest BCUT2D eigenvalue weighted by atomic mass is 35.5. The Morgan fingerprint density at radius 2 is 1.56 bits per heavy atom. The lowest BCUT2D eigenvalue weighted by molar-refractivity contribution is 0.681. The molecule has 1 N–H and O–H groups in total. The molecule has 0 saturated carbocycles. The van der Waals surface area contributed by atoms with Gasteiger partial charge in [0.05, 0.1) is 0 Å². The molecule has 0 aliphatic rings. The summed E-state index contributed by atoms with van der Waals surface area (Å²) in [6.07, 6.45) is 3.75. The number of halogens is 1. The summed E-state index contributed by atoms with van der Waals surface area (Å²) >= 11 is 5.11. The minimum Gasteiger partial charge on any atom is -0.368 e. The Bertz CT molecular complexity index is 94.6. The Morgan fingerprint density at radius 3 is 1.67 bits per heavy atom. The topological polar surface area (TPSA) is 19.0 Å². The lowest BCUT2D eigenvalue weighted by Gasteiger charge is -1.85. The van der Waals surface area contributed by atoms with Gasteiger partial charge in [-0.15, -0.1) is 0 Å². The summed E-state index contributed by atoms with van der Waals surface area (Å²) in [5, 5.41) is 0. The lowest BCUT2D eigenvalue weighted by atomic mass is 10.7. The van der Waals surface area contributed by atoms with Crippen LogP contribution in [0.3, 0.4) is 0 Å². The molecule has 0 fully saturated rings. The second kappa shape index (κ2) is 5.66. The van der Waals surface area contributed by atoms with Crippen LogP contribution in [-0.2, 0) is 0 Å². The fourth-order valence-corrected chi connectivity index (χ4v) is 0.278. The van der Waals surface area contributed by atoms with E-state index >= 15 is 0 Å². The summed E-state index contributed by atoms with van der Waals surface area (Å²) in [5.74, 6) is 0. The van der Waals surface area contributed by atoms with Crippen LogP contribution in [-0.4, -0.2) is 23.5 Å². The zero-order valence-electron chi connectivity index (χ0n) is 5.63. The van der Waals surface area contributed by atoms with Crippen LogP contribution in [0.4, 0.5) is 0 Å². The van der Waals surface area contributed by atoms with Crippen LogP contribution in [0.5, 0.6) is 0 Å². The lowest BCUT2D eigenvalue weighted by Crippen LogP contribution is -1.89. The molecule has 0 spiro atoms. The van der Waals surface area contributed by atoms with Gasteiger partial charge in [0.25, 0.3) is 0 Å². The normalized spacial score (nSPS) is 8.44. The minimum absolute atomic E-state index is 1.47. The zero-order valence-corrected chi connectivity index (χ0v) is 6.39. The average molecular weight is 147 g/mol. The predicted molar refractivity (Wildman–Crippen MR) is 40.3 cm³/mol. The molecule has 9 heavy (non-hydrogen) atoms. The number of aromatic nitrogens is 1. The van der Waals surface area contributed by atoms with Crippen molar-refractivity contribution in [3.8, 4) is 0 Å². The molecule has 52 valence electrons. The van der Waals surface area contributed by atoms with Gasteiger partial charge >= 0.3 is 0 Å². The summed E-state index contributed by atoms with van der Waals surface area (Å²) in [4.78, 5) is 2.86. The third-order valence-corrected chi connectivity index (χ3v) is 0.496. The van der Waals surface area contributed by atoms with Crippen molar-refractivity contribution in [2.24, 2.45) is 0 Å². The summed E-state index contributed by atoms with van der Waals surface area (Å²) in [5.41, 5.74) is 0. The van der Waals surface area contributed by atoms with Gasteiger partial charge < -0.3 is 4.98 Å². The highest BCUT2D eigenvalue weighted by Gasteiger charge is 1.62. The Morgan fingerprint density at radius 1 is 1.22 bits per heavy atom. The van der Waals surface area contributed by atoms with Gasteiger partial charge in [-0.1, -0.05) is 0 Å². The fourth-order valence-electron chi connectivity index (χ4n) is 0.278. The Kier molecular flexibility index (Phi) is 5.37. The number of nitrogens with one attached hydrogen (secondary N) is 1. The van der Waals surface area contributed by atoms with Crippen molar-refractivity contribution >= 4 is 11.8 Å². The molecule has 1 aromatic rings. The van der Waals surface area contributed by atoms with E-state index in [1.807, 2.05) is 24.5 Å². The molecule has 0 aliphatic carbocycles. The number of aromatic amines is 1. The molecular formula is C6H11ClN2. The van der Waals surface area contributed by atoms with Crippen LogP contribution in [0.25, 0.3) is 0 Å². The second-order valence-electron chi connectivity index (χ2n) is 1.67. The maximum absolute atomic E-state index is 5.11. The first-order valence-corrected chi connectivity index (χ1v) is 2.98. The molecule has 0 unspecified atom stereocenters. The molecule has 0 radical (unpaired) electrons. The predicted octanol–water partition coefficient (Wildman–Crippen LogP) is 1.72. The Hall–Kier alpha value is -0.470. The molecule has 1 heterocycles. The van der Waals surface area contributed by atoms with E-state index in [-0.39, 0.29) is 0 Å². The van der Waals surface area contributed by atoms with Crippen LogP contribution in [0, 0.1) is 0 Å². The quantitative estimate of drug-likeness (QED) is 0.553. The average Bonchev–Trinajstić information content (AvgIpc) is 2.11.